The summed E-state index contributed by atoms with van der Waals surface area (Å²) in [7, 11) is 1.62. The second kappa shape index (κ2) is 4.71. The fourth-order valence-electron chi connectivity index (χ4n) is 2.10. The van der Waals surface area contributed by atoms with Crippen LogP contribution < -0.4 is 5.56 Å². The van der Waals surface area contributed by atoms with Gasteiger partial charge < -0.3 is 14.6 Å². The van der Waals surface area contributed by atoms with Crippen molar-refractivity contribution in [3.8, 4) is 0 Å². The van der Waals surface area contributed by atoms with Crippen molar-refractivity contribution >= 4 is 5.91 Å². The van der Waals surface area contributed by atoms with Crippen molar-refractivity contribution in [2.75, 3.05) is 19.7 Å². The zero-order valence-electron chi connectivity index (χ0n) is 9.80. The topological polar surface area (TPSA) is 62.5 Å². The Balaban J connectivity index is 2.21. The van der Waals surface area contributed by atoms with Crippen LogP contribution in [-0.2, 0) is 7.05 Å². The molecule has 5 nitrogen and oxygen atoms in total. The van der Waals surface area contributed by atoms with Gasteiger partial charge in [-0.05, 0) is 18.6 Å². The Bertz CT molecular complexity index is 481. The van der Waals surface area contributed by atoms with Crippen molar-refractivity contribution in [1.29, 1.82) is 0 Å². The van der Waals surface area contributed by atoms with Crippen LogP contribution in [0.2, 0.25) is 0 Å². The molecule has 1 aliphatic heterocycles. The maximum absolute atomic E-state index is 12.1. The smallest absolute Gasteiger partial charge is 0.263 e. The zero-order valence-corrected chi connectivity index (χ0v) is 9.80. The third kappa shape index (κ3) is 2.24. The molecule has 1 aromatic rings. The number of amides is 1. The van der Waals surface area contributed by atoms with Crippen molar-refractivity contribution in [2.45, 2.75) is 6.42 Å². The van der Waals surface area contributed by atoms with Crippen LogP contribution in [0.15, 0.2) is 23.1 Å². The van der Waals surface area contributed by atoms with Gasteiger partial charge >= 0.3 is 0 Å². The number of pyridine rings is 1. The van der Waals surface area contributed by atoms with Crippen LogP contribution in [0.25, 0.3) is 0 Å². The van der Waals surface area contributed by atoms with Crippen LogP contribution in [0.1, 0.15) is 16.8 Å². The van der Waals surface area contributed by atoms with E-state index in [1.807, 2.05) is 0 Å². The maximum atomic E-state index is 12.1. The lowest BCUT2D eigenvalue weighted by Gasteiger charge is -2.15. The first-order chi connectivity index (χ1) is 8.13. The van der Waals surface area contributed by atoms with E-state index in [0.29, 0.717) is 13.1 Å². The Morgan fingerprint density at radius 3 is 3.00 bits per heavy atom. The number of hydrogen-bond donors (Lipinski definition) is 1. The molecule has 0 saturated carbocycles. The number of hydrogen-bond acceptors (Lipinski definition) is 3. The number of aryl methyl sites for hydroxylation is 1. The summed E-state index contributed by atoms with van der Waals surface area (Å²) in [6, 6.07) is 3.24. The van der Waals surface area contributed by atoms with Crippen molar-refractivity contribution in [2.24, 2.45) is 13.0 Å². The summed E-state index contributed by atoms with van der Waals surface area (Å²) in [5, 5.41) is 9.03. The molecular weight excluding hydrogens is 220 g/mol. The van der Waals surface area contributed by atoms with Gasteiger partial charge in [0.15, 0.2) is 0 Å². The quantitative estimate of drug-likeness (QED) is 0.776. The first-order valence-electron chi connectivity index (χ1n) is 5.69. The highest BCUT2D eigenvalue weighted by Gasteiger charge is 2.27. The number of rotatable bonds is 2. The van der Waals surface area contributed by atoms with E-state index in [9.17, 15) is 9.59 Å². The standard InChI is InChI=1S/C12H16N2O3/c1-13-5-2-3-10(11(13)16)12(17)14-6-4-9(7-14)8-15/h2-3,5,9,15H,4,6-8H2,1H3/t9-/m1/s1. The zero-order chi connectivity index (χ0) is 12.4. The van der Waals surface area contributed by atoms with Gasteiger partial charge in [-0.2, -0.15) is 0 Å². The molecule has 1 fully saturated rings. The molecule has 1 atom stereocenters. The lowest BCUT2D eigenvalue weighted by molar-refractivity contribution is 0.0779. The van der Waals surface area contributed by atoms with Gasteiger partial charge in [0.1, 0.15) is 5.56 Å². The van der Waals surface area contributed by atoms with Gasteiger partial charge in [-0.15, -0.1) is 0 Å². The molecule has 0 aliphatic carbocycles. The summed E-state index contributed by atoms with van der Waals surface area (Å²) < 4.78 is 1.40. The van der Waals surface area contributed by atoms with Crippen LogP contribution >= 0.6 is 0 Å². The van der Waals surface area contributed by atoms with Crippen LogP contribution in [0.4, 0.5) is 0 Å². The average Bonchev–Trinajstić information content (AvgIpc) is 2.80. The molecule has 0 spiro atoms. The second-order valence-corrected chi connectivity index (χ2v) is 4.43. The molecular formula is C12H16N2O3. The number of carbonyl (C=O) groups is 1. The normalized spacial score (nSPS) is 19.6. The maximum Gasteiger partial charge on any atom is 0.263 e. The van der Waals surface area contributed by atoms with Crippen molar-refractivity contribution in [3.05, 3.63) is 34.2 Å². The van der Waals surface area contributed by atoms with E-state index < -0.39 is 0 Å². The van der Waals surface area contributed by atoms with Gasteiger partial charge in [-0.3, -0.25) is 9.59 Å². The van der Waals surface area contributed by atoms with E-state index in [-0.39, 0.29) is 29.6 Å². The minimum atomic E-state index is -0.273. The van der Waals surface area contributed by atoms with E-state index >= 15 is 0 Å². The Kier molecular flexibility index (Phi) is 3.28. The predicted octanol–water partition coefficient (Wildman–Crippen LogP) is -0.160. The molecule has 1 aromatic heterocycles. The van der Waals surface area contributed by atoms with Crippen LogP contribution in [0.5, 0.6) is 0 Å². The van der Waals surface area contributed by atoms with Gasteiger partial charge in [0.25, 0.3) is 11.5 Å². The van der Waals surface area contributed by atoms with E-state index in [2.05, 4.69) is 0 Å². The van der Waals surface area contributed by atoms with Crippen LogP contribution in [0, 0.1) is 5.92 Å². The average molecular weight is 236 g/mol. The highest BCUT2D eigenvalue weighted by atomic mass is 16.3. The molecule has 2 rings (SSSR count). The number of nitrogens with zero attached hydrogens (tertiary/aromatic N) is 2. The summed E-state index contributed by atoms with van der Waals surface area (Å²) in [4.78, 5) is 25.5. The first kappa shape index (κ1) is 11.9. The Hall–Kier alpha value is -1.62. The Morgan fingerprint density at radius 1 is 1.59 bits per heavy atom. The summed E-state index contributed by atoms with van der Waals surface area (Å²) in [6.45, 7) is 1.24. The molecule has 92 valence electrons. The predicted molar refractivity (Wildman–Crippen MR) is 62.8 cm³/mol. The molecule has 0 unspecified atom stereocenters. The van der Waals surface area contributed by atoms with Crippen LogP contribution in [0.3, 0.4) is 0 Å². The van der Waals surface area contributed by atoms with E-state index in [4.69, 9.17) is 5.11 Å². The molecule has 0 bridgehead atoms. The van der Waals surface area contributed by atoms with Crippen LogP contribution in [-0.4, -0.2) is 40.2 Å². The first-order valence-corrected chi connectivity index (χ1v) is 5.69. The molecule has 1 N–H and O–H groups in total. The van der Waals surface area contributed by atoms with Gasteiger partial charge in [0, 0.05) is 38.9 Å². The lowest BCUT2D eigenvalue weighted by Crippen LogP contribution is -2.34. The lowest BCUT2D eigenvalue weighted by atomic mass is 10.1. The van der Waals surface area contributed by atoms with E-state index in [1.165, 1.54) is 4.57 Å². The molecule has 0 radical (unpaired) electrons. The summed E-state index contributed by atoms with van der Waals surface area (Å²) in [5.74, 6) is -0.0892. The van der Waals surface area contributed by atoms with E-state index in [0.717, 1.165) is 6.42 Å². The third-order valence-electron chi connectivity index (χ3n) is 3.18. The van der Waals surface area contributed by atoms with E-state index in [1.54, 1.807) is 30.3 Å². The highest BCUT2D eigenvalue weighted by molar-refractivity contribution is 5.94. The SMILES string of the molecule is Cn1cccc(C(=O)N2CC[C@@H](CO)C2)c1=O. The molecule has 1 amide bonds. The molecule has 5 heteroatoms. The summed E-state index contributed by atoms with van der Waals surface area (Å²) in [6.07, 6.45) is 2.43. The Labute approximate surface area is 99.3 Å². The van der Waals surface area contributed by atoms with Gasteiger partial charge in [0.2, 0.25) is 0 Å². The molecule has 1 saturated heterocycles. The number of aliphatic hydroxyl groups excluding tert-OH is 1. The fraction of sp³-hybridized carbons (Fsp3) is 0.500. The second-order valence-electron chi connectivity index (χ2n) is 4.43. The number of aliphatic hydroxyl groups is 1. The van der Waals surface area contributed by atoms with Gasteiger partial charge in [-0.25, -0.2) is 0 Å². The van der Waals surface area contributed by atoms with Gasteiger partial charge in [0.05, 0.1) is 0 Å². The number of likely N-dealkylation sites (tertiary alicyclic amines) is 1. The number of carbonyl (C=O) groups excluding carboxylic acids is 1. The van der Waals surface area contributed by atoms with Gasteiger partial charge in [-0.1, -0.05) is 0 Å². The van der Waals surface area contributed by atoms with Crippen molar-refractivity contribution < 1.29 is 9.90 Å². The molecule has 0 aromatic carbocycles. The van der Waals surface area contributed by atoms with Crippen molar-refractivity contribution in [3.63, 3.8) is 0 Å². The molecule has 2 heterocycles. The monoisotopic (exact) mass is 236 g/mol. The van der Waals surface area contributed by atoms with Crippen molar-refractivity contribution in [1.82, 2.24) is 9.47 Å². The Morgan fingerprint density at radius 2 is 2.35 bits per heavy atom. The molecule has 17 heavy (non-hydrogen) atoms. The number of aromatic nitrogens is 1. The highest BCUT2D eigenvalue weighted by Crippen LogP contribution is 2.16. The minimum absolute atomic E-state index is 0.0938. The molecule has 1 aliphatic rings. The third-order valence-corrected chi connectivity index (χ3v) is 3.18. The minimum Gasteiger partial charge on any atom is -0.396 e. The summed E-state index contributed by atoms with van der Waals surface area (Å²) in [5.41, 5.74) is -0.0708. The fourth-order valence-corrected chi connectivity index (χ4v) is 2.10. The largest absolute Gasteiger partial charge is 0.396 e. The summed E-state index contributed by atoms with van der Waals surface area (Å²) >= 11 is 0.